The zero-order valence-corrected chi connectivity index (χ0v) is 14.1. The molecule has 7 heteroatoms. The number of nitro groups is 1. The molecule has 2 aliphatic heterocycles. The largest absolute Gasteiger partial charge is 0.618 e. The van der Waals surface area contributed by atoms with Gasteiger partial charge < -0.3 is 10.5 Å². The predicted molar refractivity (Wildman–Crippen MR) is 95.4 cm³/mol. The minimum absolute atomic E-state index is 0.0186. The Morgan fingerprint density at radius 3 is 2.68 bits per heavy atom. The molecule has 7 nitrogen and oxygen atoms in total. The summed E-state index contributed by atoms with van der Waals surface area (Å²) in [6.45, 7) is 2.96. The molecule has 2 aliphatic rings. The summed E-state index contributed by atoms with van der Waals surface area (Å²) in [6.07, 6.45) is 7.12. The molecular formula is C18H22N4O3. The number of hydrogen-bond donors (Lipinski definition) is 1. The van der Waals surface area contributed by atoms with Crippen LogP contribution in [0.4, 0.5) is 11.4 Å². The van der Waals surface area contributed by atoms with Gasteiger partial charge in [0.05, 0.1) is 4.92 Å². The quantitative estimate of drug-likeness (QED) is 0.391. The molecule has 2 aromatic rings. The smallest absolute Gasteiger partial charge is 0.312 e. The van der Waals surface area contributed by atoms with E-state index in [1.807, 2.05) is 0 Å². The molecular weight excluding hydrogens is 320 g/mol. The van der Waals surface area contributed by atoms with Crippen molar-refractivity contribution in [2.45, 2.75) is 37.6 Å². The van der Waals surface area contributed by atoms with Crippen LogP contribution in [0.25, 0.3) is 10.9 Å². The average Bonchev–Trinajstić information content (AvgIpc) is 3.14. The zero-order valence-electron chi connectivity index (χ0n) is 14.1. The third kappa shape index (κ3) is 2.68. The Morgan fingerprint density at radius 2 is 1.96 bits per heavy atom. The Kier molecular flexibility index (Phi) is 3.95. The maximum absolute atomic E-state index is 12.2. The number of hydrogen-bond acceptors (Lipinski definition) is 5. The monoisotopic (exact) mass is 342 g/mol. The van der Waals surface area contributed by atoms with Crippen molar-refractivity contribution >= 4 is 22.3 Å². The molecule has 1 N–H and O–H groups in total. The van der Waals surface area contributed by atoms with Crippen LogP contribution in [-0.2, 0) is 0 Å². The molecule has 0 aliphatic carbocycles. The van der Waals surface area contributed by atoms with E-state index < -0.39 is 4.92 Å². The van der Waals surface area contributed by atoms with Crippen molar-refractivity contribution in [3.05, 3.63) is 45.8 Å². The summed E-state index contributed by atoms with van der Waals surface area (Å²) >= 11 is 0. The molecule has 0 spiro atoms. The molecule has 0 radical (unpaired) electrons. The molecule has 0 unspecified atom stereocenters. The standard InChI is InChI=1S/C18H22N4O3/c23-21-13-15(17(22(24)25)14-5-1-2-6-16(14)21)19-10-9-18-7-3-11-20(18)12-4-8-18/h1-2,5-6,13,19H,3-4,7-12H2. The van der Waals surface area contributed by atoms with Crippen molar-refractivity contribution in [3.63, 3.8) is 0 Å². The molecule has 1 aromatic heterocycles. The van der Waals surface area contributed by atoms with Gasteiger partial charge in [0.25, 0.3) is 0 Å². The van der Waals surface area contributed by atoms with Gasteiger partial charge in [-0.3, -0.25) is 15.0 Å². The van der Waals surface area contributed by atoms with Gasteiger partial charge in [-0.05, 0) is 51.3 Å². The number of benzene rings is 1. The normalized spacial score (nSPS) is 19.2. The van der Waals surface area contributed by atoms with Crippen molar-refractivity contribution in [2.75, 3.05) is 25.0 Å². The number of fused-ring (bicyclic) bond motifs is 2. The first-order valence-electron chi connectivity index (χ1n) is 8.89. The van der Waals surface area contributed by atoms with Gasteiger partial charge in [-0.15, -0.1) is 0 Å². The van der Waals surface area contributed by atoms with Crippen molar-refractivity contribution in [1.82, 2.24) is 4.90 Å². The Bertz CT molecular complexity index is 813. The lowest BCUT2D eigenvalue weighted by molar-refractivity contribution is -0.576. The van der Waals surface area contributed by atoms with Crippen LogP contribution in [0.3, 0.4) is 0 Å². The van der Waals surface area contributed by atoms with Crippen LogP contribution in [0.2, 0.25) is 0 Å². The number of anilines is 1. The van der Waals surface area contributed by atoms with E-state index in [0.29, 0.717) is 27.9 Å². The summed E-state index contributed by atoms with van der Waals surface area (Å²) in [4.78, 5) is 13.8. The van der Waals surface area contributed by atoms with E-state index in [1.165, 1.54) is 31.9 Å². The van der Waals surface area contributed by atoms with Gasteiger partial charge in [-0.2, -0.15) is 4.73 Å². The lowest BCUT2D eigenvalue weighted by Gasteiger charge is -2.32. The summed E-state index contributed by atoms with van der Waals surface area (Å²) in [7, 11) is 0. The molecule has 0 saturated carbocycles. The lowest BCUT2D eigenvalue weighted by Crippen LogP contribution is -2.39. The molecule has 25 heavy (non-hydrogen) atoms. The topological polar surface area (TPSA) is 85.4 Å². The SMILES string of the molecule is O=[N+]([O-])c1c(NCCC23CCCN2CCC3)c[n+]([O-])c2ccccc12. The highest BCUT2D eigenvalue weighted by Crippen LogP contribution is 2.41. The van der Waals surface area contributed by atoms with E-state index in [2.05, 4.69) is 10.2 Å². The van der Waals surface area contributed by atoms with Gasteiger partial charge in [0.1, 0.15) is 5.39 Å². The number of pyridine rings is 1. The first-order chi connectivity index (χ1) is 12.1. The van der Waals surface area contributed by atoms with Gasteiger partial charge in [0.15, 0.2) is 5.69 Å². The van der Waals surface area contributed by atoms with Crippen LogP contribution in [0.1, 0.15) is 32.1 Å². The first kappa shape index (κ1) is 16.1. The number of nitrogens with one attached hydrogen (secondary N) is 1. The maximum Gasteiger partial charge on any atom is 0.312 e. The predicted octanol–water partition coefficient (Wildman–Crippen LogP) is 2.81. The van der Waals surface area contributed by atoms with E-state index >= 15 is 0 Å². The second kappa shape index (κ2) is 6.15. The number of aromatic nitrogens is 1. The summed E-state index contributed by atoms with van der Waals surface area (Å²) < 4.78 is 0.709. The van der Waals surface area contributed by atoms with Gasteiger partial charge in [0, 0.05) is 18.2 Å². The second-order valence-corrected chi connectivity index (χ2v) is 7.09. The molecule has 0 atom stereocenters. The Balaban J connectivity index is 1.59. The van der Waals surface area contributed by atoms with Gasteiger partial charge >= 0.3 is 5.69 Å². The van der Waals surface area contributed by atoms with E-state index in [1.54, 1.807) is 24.3 Å². The Labute approximate surface area is 146 Å². The highest BCUT2D eigenvalue weighted by atomic mass is 16.6. The Morgan fingerprint density at radius 1 is 1.24 bits per heavy atom. The van der Waals surface area contributed by atoms with Crippen LogP contribution in [0, 0.1) is 15.3 Å². The van der Waals surface area contributed by atoms with Crippen LogP contribution >= 0.6 is 0 Å². The van der Waals surface area contributed by atoms with Crippen molar-refractivity contribution in [3.8, 4) is 0 Å². The summed E-state index contributed by atoms with van der Waals surface area (Å²) in [5.41, 5.74) is 0.857. The lowest BCUT2D eigenvalue weighted by atomic mass is 9.90. The van der Waals surface area contributed by atoms with Crippen LogP contribution in [-0.4, -0.2) is 35.0 Å². The Hall–Kier alpha value is -2.41. The van der Waals surface area contributed by atoms with Gasteiger partial charge in [-0.1, -0.05) is 12.1 Å². The summed E-state index contributed by atoms with van der Waals surface area (Å²) in [5, 5.41) is 27.4. The number of nitrogens with zero attached hydrogens (tertiary/aromatic N) is 3. The third-order valence-electron chi connectivity index (χ3n) is 5.80. The van der Waals surface area contributed by atoms with Crippen molar-refractivity contribution < 1.29 is 9.65 Å². The molecule has 2 fully saturated rings. The molecule has 4 rings (SSSR count). The van der Waals surface area contributed by atoms with Crippen LogP contribution in [0.5, 0.6) is 0 Å². The molecule has 0 bridgehead atoms. The third-order valence-corrected chi connectivity index (χ3v) is 5.80. The molecule has 3 heterocycles. The molecule has 2 saturated heterocycles. The van der Waals surface area contributed by atoms with Crippen molar-refractivity contribution in [2.24, 2.45) is 0 Å². The van der Waals surface area contributed by atoms with E-state index in [9.17, 15) is 15.3 Å². The average molecular weight is 342 g/mol. The number of para-hydroxylation sites is 1. The zero-order chi connectivity index (χ0) is 17.4. The van der Waals surface area contributed by atoms with Gasteiger partial charge in [0.2, 0.25) is 11.7 Å². The molecule has 0 amide bonds. The highest BCUT2D eigenvalue weighted by Gasteiger charge is 2.43. The summed E-state index contributed by atoms with van der Waals surface area (Å²) in [6, 6.07) is 6.66. The summed E-state index contributed by atoms with van der Waals surface area (Å²) in [5.74, 6) is 0. The van der Waals surface area contributed by atoms with E-state index in [0.717, 1.165) is 19.5 Å². The minimum atomic E-state index is -0.402. The number of rotatable bonds is 5. The fraction of sp³-hybridized carbons (Fsp3) is 0.500. The molecule has 132 valence electrons. The molecule has 1 aromatic carbocycles. The fourth-order valence-electron chi connectivity index (χ4n) is 4.65. The maximum atomic E-state index is 12.2. The highest BCUT2D eigenvalue weighted by molar-refractivity contribution is 5.91. The van der Waals surface area contributed by atoms with Crippen LogP contribution in [0.15, 0.2) is 30.5 Å². The van der Waals surface area contributed by atoms with Crippen LogP contribution < -0.4 is 10.0 Å². The second-order valence-electron chi connectivity index (χ2n) is 7.09. The minimum Gasteiger partial charge on any atom is -0.618 e. The first-order valence-corrected chi connectivity index (χ1v) is 8.89. The fourth-order valence-corrected chi connectivity index (χ4v) is 4.65. The van der Waals surface area contributed by atoms with E-state index in [-0.39, 0.29) is 11.2 Å². The van der Waals surface area contributed by atoms with Crippen molar-refractivity contribution in [1.29, 1.82) is 0 Å². The van der Waals surface area contributed by atoms with E-state index in [4.69, 9.17) is 0 Å². The van der Waals surface area contributed by atoms with Gasteiger partial charge in [-0.25, -0.2) is 0 Å².